The molecule has 4 heteroatoms. The number of anilines is 1. The summed E-state index contributed by atoms with van der Waals surface area (Å²) < 4.78 is 4.62. The fraction of sp³-hybridized carbons (Fsp3) is 0.333. The van der Waals surface area contributed by atoms with Crippen LogP contribution in [0.2, 0.25) is 0 Å². The van der Waals surface area contributed by atoms with Crippen molar-refractivity contribution in [3.8, 4) is 6.07 Å². The van der Waals surface area contributed by atoms with E-state index < -0.39 is 0 Å². The molecule has 0 unspecified atom stereocenters. The number of nitrogens with two attached hydrogens (primary N) is 1. The zero-order chi connectivity index (χ0) is 7.56. The number of aryl methyl sites for hydroxylation is 1. The SMILES string of the molecule is Cc1noc(N)c1CC#N. The lowest BCUT2D eigenvalue weighted by Gasteiger charge is -1.86. The van der Waals surface area contributed by atoms with Gasteiger partial charge in [0.15, 0.2) is 0 Å². The van der Waals surface area contributed by atoms with Crippen molar-refractivity contribution in [1.82, 2.24) is 5.16 Å². The topological polar surface area (TPSA) is 75.8 Å². The van der Waals surface area contributed by atoms with Crippen molar-refractivity contribution in [3.63, 3.8) is 0 Å². The van der Waals surface area contributed by atoms with Gasteiger partial charge < -0.3 is 10.3 Å². The fourth-order valence-electron chi connectivity index (χ4n) is 0.700. The number of nitriles is 1. The Bertz CT molecular complexity index is 252. The second-order valence-corrected chi connectivity index (χ2v) is 1.95. The first-order chi connectivity index (χ1) is 4.75. The third kappa shape index (κ3) is 0.935. The highest BCUT2D eigenvalue weighted by molar-refractivity contribution is 5.39. The summed E-state index contributed by atoms with van der Waals surface area (Å²) >= 11 is 0. The molecule has 0 radical (unpaired) electrons. The Labute approximate surface area is 58.2 Å². The Kier molecular flexibility index (Phi) is 1.59. The van der Waals surface area contributed by atoms with Crippen molar-refractivity contribution in [2.45, 2.75) is 13.3 Å². The third-order valence-electron chi connectivity index (χ3n) is 1.27. The predicted octanol–water partition coefficient (Wildman–Crippen LogP) is 0.631. The van der Waals surface area contributed by atoms with Crippen LogP contribution in [0, 0.1) is 18.3 Å². The molecule has 0 atom stereocenters. The zero-order valence-electron chi connectivity index (χ0n) is 5.59. The van der Waals surface area contributed by atoms with Gasteiger partial charge in [0.25, 0.3) is 0 Å². The summed E-state index contributed by atoms with van der Waals surface area (Å²) in [7, 11) is 0. The average molecular weight is 137 g/mol. The minimum absolute atomic E-state index is 0.249. The van der Waals surface area contributed by atoms with Crippen LogP contribution >= 0.6 is 0 Å². The van der Waals surface area contributed by atoms with E-state index in [4.69, 9.17) is 11.0 Å². The molecule has 1 rings (SSSR count). The van der Waals surface area contributed by atoms with Crippen molar-refractivity contribution < 1.29 is 4.52 Å². The van der Waals surface area contributed by atoms with Crippen molar-refractivity contribution in [1.29, 1.82) is 5.26 Å². The Morgan fingerprint density at radius 1 is 1.80 bits per heavy atom. The van der Waals surface area contributed by atoms with Crippen LogP contribution in [0.5, 0.6) is 0 Å². The van der Waals surface area contributed by atoms with Crippen LogP contribution in [0.1, 0.15) is 11.3 Å². The number of nitrogen functional groups attached to an aromatic ring is 1. The minimum Gasteiger partial charge on any atom is -0.367 e. The van der Waals surface area contributed by atoms with Crippen molar-refractivity contribution >= 4 is 5.88 Å². The Hall–Kier alpha value is -1.50. The fourth-order valence-corrected chi connectivity index (χ4v) is 0.700. The van der Waals surface area contributed by atoms with E-state index in [9.17, 15) is 0 Å². The lowest BCUT2D eigenvalue weighted by Crippen LogP contribution is -1.89. The maximum atomic E-state index is 8.31. The van der Waals surface area contributed by atoms with E-state index in [1.807, 2.05) is 6.07 Å². The average Bonchev–Trinajstić information content (AvgIpc) is 2.20. The van der Waals surface area contributed by atoms with Gasteiger partial charge in [-0.15, -0.1) is 0 Å². The maximum absolute atomic E-state index is 8.31. The van der Waals surface area contributed by atoms with E-state index in [2.05, 4.69) is 9.68 Å². The van der Waals surface area contributed by atoms with Crippen LogP contribution in [-0.4, -0.2) is 5.16 Å². The molecule has 0 saturated heterocycles. The number of hydrogen-bond donors (Lipinski definition) is 1. The third-order valence-corrected chi connectivity index (χ3v) is 1.27. The van der Waals surface area contributed by atoms with Gasteiger partial charge in [0.1, 0.15) is 0 Å². The molecule has 0 fully saturated rings. The molecule has 0 amide bonds. The largest absolute Gasteiger partial charge is 0.367 e. The highest BCUT2D eigenvalue weighted by Crippen LogP contribution is 2.14. The molecule has 0 spiro atoms. The highest BCUT2D eigenvalue weighted by atomic mass is 16.5. The molecule has 10 heavy (non-hydrogen) atoms. The number of aromatic nitrogens is 1. The first kappa shape index (κ1) is 6.62. The summed E-state index contributed by atoms with van der Waals surface area (Å²) in [6.45, 7) is 1.76. The van der Waals surface area contributed by atoms with Crippen LogP contribution < -0.4 is 5.73 Å². The first-order valence-corrected chi connectivity index (χ1v) is 2.83. The molecule has 0 aliphatic carbocycles. The number of rotatable bonds is 1. The van der Waals surface area contributed by atoms with E-state index in [-0.39, 0.29) is 12.3 Å². The van der Waals surface area contributed by atoms with Gasteiger partial charge in [-0.3, -0.25) is 0 Å². The van der Waals surface area contributed by atoms with Crippen LogP contribution in [0.25, 0.3) is 0 Å². The van der Waals surface area contributed by atoms with Gasteiger partial charge in [-0.05, 0) is 6.92 Å². The van der Waals surface area contributed by atoms with E-state index in [1.54, 1.807) is 6.92 Å². The summed E-state index contributed by atoms with van der Waals surface area (Å²) in [5, 5.41) is 11.9. The predicted molar refractivity (Wildman–Crippen MR) is 35.0 cm³/mol. The summed E-state index contributed by atoms with van der Waals surface area (Å²) in [5.41, 5.74) is 6.74. The molecule has 1 aromatic rings. The second-order valence-electron chi connectivity index (χ2n) is 1.95. The molecular weight excluding hydrogens is 130 g/mol. The molecule has 1 heterocycles. The lowest BCUT2D eigenvalue weighted by atomic mass is 10.2. The van der Waals surface area contributed by atoms with Crippen molar-refractivity contribution in [2.75, 3.05) is 5.73 Å². The first-order valence-electron chi connectivity index (χ1n) is 2.83. The van der Waals surface area contributed by atoms with E-state index in [0.29, 0.717) is 11.3 Å². The zero-order valence-corrected chi connectivity index (χ0v) is 5.59. The van der Waals surface area contributed by atoms with E-state index >= 15 is 0 Å². The normalized spacial score (nSPS) is 9.20. The summed E-state index contributed by atoms with van der Waals surface area (Å²) in [4.78, 5) is 0. The van der Waals surface area contributed by atoms with Gasteiger partial charge in [-0.1, -0.05) is 5.16 Å². The van der Waals surface area contributed by atoms with Gasteiger partial charge in [-0.2, -0.15) is 5.26 Å². The molecule has 2 N–H and O–H groups in total. The smallest absolute Gasteiger partial charge is 0.226 e. The van der Waals surface area contributed by atoms with Crippen LogP contribution in [0.3, 0.4) is 0 Å². The molecule has 0 aromatic carbocycles. The molecule has 1 aromatic heterocycles. The van der Waals surface area contributed by atoms with Crippen LogP contribution in [0.15, 0.2) is 4.52 Å². The summed E-state index contributed by atoms with van der Waals surface area (Å²) in [6.07, 6.45) is 0.265. The van der Waals surface area contributed by atoms with Gasteiger partial charge in [0.2, 0.25) is 5.88 Å². The van der Waals surface area contributed by atoms with Gasteiger partial charge in [-0.25, -0.2) is 0 Å². The monoisotopic (exact) mass is 137 g/mol. The molecule has 0 aliphatic rings. The molecule has 0 bridgehead atoms. The summed E-state index contributed by atoms with van der Waals surface area (Å²) in [6, 6.07) is 1.97. The van der Waals surface area contributed by atoms with Gasteiger partial charge >= 0.3 is 0 Å². The van der Waals surface area contributed by atoms with Crippen molar-refractivity contribution in [2.24, 2.45) is 0 Å². The van der Waals surface area contributed by atoms with Gasteiger partial charge in [0.05, 0.1) is 23.7 Å². The summed E-state index contributed by atoms with van der Waals surface area (Å²) in [5.74, 6) is 0.249. The van der Waals surface area contributed by atoms with Gasteiger partial charge in [0, 0.05) is 0 Å². The minimum atomic E-state index is 0.249. The number of hydrogen-bond acceptors (Lipinski definition) is 4. The molecular formula is C6H7N3O. The quantitative estimate of drug-likeness (QED) is 0.615. The second kappa shape index (κ2) is 2.40. The molecule has 52 valence electrons. The molecule has 0 aliphatic heterocycles. The standard InChI is InChI=1S/C6H7N3O/c1-4-5(2-3-7)6(8)10-9-4/h2,8H2,1H3. The molecule has 0 saturated carbocycles. The van der Waals surface area contributed by atoms with E-state index in [1.165, 1.54) is 0 Å². The Morgan fingerprint density at radius 3 is 2.90 bits per heavy atom. The lowest BCUT2D eigenvalue weighted by molar-refractivity contribution is 0.431. The van der Waals surface area contributed by atoms with Crippen molar-refractivity contribution in [3.05, 3.63) is 11.3 Å². The molecule has 4 nitrogen and oxygen atoms in total. The van der Waals surface area contributed by atoms with Crippen LogP contribution in [0.4, 0.5) is 5.88 Å². The Morgan fingerprint density at radius 2 is 2.50 bits per heavy atom. The highest BCUT2D eigenvalue weighted by Gasteiger charge is 2.07. The van der Waals surface area contributed by atoms with E-state index in [0.717, 1.165) is 0 Å². The van der Waals surface area contributed by atoms with Crippen LogP contribution in [-0.2, 0) is 6.42 Å². The maximum Gasteiger partial charge on any atom is 0.226 e. The Balaban J connectivity index is 3.01. The number of nitrogens with zero attached hydrogens (tertiary/aromatic N) is 2.